The summed E-state index contributed by atoms with van der Waals surface area (Å²) in [5, 5.41) is 9.23. The van der Waals surface area contributed by atoms with Gasteiger partial charge in [-0.3, -0.25) is 4.79 Å². The summed E-state index contributed by atoms with van der Waals surface area (Å²) in [5.41, 5.74) is 0.257. The van der Waals surface area contributed by atoms with Gasteiger partial charge in [-0.25, -0.2) is 5.10 Å². The molecule has 2 N–H and O–H groups in total. The number of nitrogens with zero attached hydrogens (tertiary/aromatic N) is 1. The lowest BCUT2D eigenvalue weighted by atomic mass is 10.2. The minimum atomic E-state index is -0.352. The van der Waals surface area contributed by atoms with Gasteiger partial charge >= 0.3 is 0 Å². The molecule has 0 amide bonds. The fourth-order valence-electron chi connectivity index (χ4n) is 1.28. The Hall–Kier alpha value is -1.03. The molecule has 0 saturated heterocycles. The van der Waals surface area contributed by atoms with Crippen molar-refractivity contribution >= 4 is 17.3 Å². The maximum Gasteiger partial charge on any atom is 0.285 e. The summed E-state index contributed by atoms with van der Waals surface area (Å²) in [6.07, 6.45) is 6.26. The van der Waals surface area contributed by atoms with Gasteiger partial charge in [-0.1, -0.05) is 37.8 Å². The van der Waals surface area contributed by atoms with Crippen LogP contribution in [0.25, 0.3) is 0 Å². The van der Waals surface area contributed by atoms with Crippen molar-refractivity contribution in [2.45, 2.75) is 32.6 Å². The van der Waals surface area contributed by atoms with Crippen molar-refractivity contribution < 1.29 is 0 Å². The van der Waals surface area contributed by atoms with Crippen LogP contribution in [0.4, 0.5) is 5.69 Å². The largest absolute Gasteiger partial charge is 0.382 e. The molecule has 0 aliphatic rings. The lowest BCUT2D eigenvalue weighted by Crippen LogP contribution is -2.12. The molecule has 1 aromatic rings. The van der Waals surface area contributed by atoms with Crippen molar-refractivity contribution in [3.05, 3.63) is 21.6 Å². The van der Waals surface area contributed by atoms with Gasteiger partial charge < -0.3 is 5.32 Å². The zero-order chi connectivity index (χ0) is 11.1. The second-order valence-electron chi connectivity index (χ2n) is 3.41. The first-order valence-electron chi connectivity index (χ1n) is 5.22. The molecule has 5 heteroatoms. The lowest BCUT2D eigenvalue weighted by molar-refractivity contribution is 0.685. The van der Waals surface area contributed by atoms with Crippen molar-refractivity contribution in [2.75, 3.05) is 11.9 Å². The second-order valence-corrected chi connectivity index (χ2v) is 3.79. The maximum absolute atomic E-state index is 11.1. The third-order valence-corrected chi connectivity index (χ3v) is 2.52. The summed E-state index contributed by atoms with van der Waals surface area (Å²) in [5.74, 6) is 0. The number of aromatic amines is 1. The first kappa shape index (κ1) is 12.0. The van der Waals surface area contributed by atoms with Crippen LogP contribution in [0.2, 0.25) is 5.02 Å². The van der Waals surface area contributed by atoms with Gasteiger partial charge in [0.2, 0.25) is 0 Å². The monoisotopic (exact) mass is 229 g/mol. The molecule has 4 nitrogen and oxygen atoms in total. The number of rotatable bonds is 6. The summed E-state index contributed by atoms with van der Waals surface area (Å²) in [6, 6.07) is 0. The Balaban J connectivity index is 2.38. The Labute approximate surface area is 94.0 Å². The van der Waals surface area contributed by atoms with Crippen molar-refractivity contribution in [3.8, 4) is 0 Å². The van der Waals surface area contributed by atoms with E-state index in [-0.39, 0.29) is 10.6 Å². The molecule has 84 valence electrons. The first-order valence-corrected chi connectivity index (χ1v) is 5.60. The SMILES string of the molecule is CCCCCCNc1cn[nH]c(=O)c1Cl. The van der Waals surface area contributed by atoms with Gasteiger partial charge in [0.25, 0.3) is 5.56 Å². The highest BCUT2D eigenvalue weighted by Gasteiger charge is 2.03. The van der Waals surface area contributed by atoms with Crippen LogP contribution >= 0.6 is 11.6 Å². The molecule has 0 aliphatic carbocycles. The minimum Gasteiger partial charge on any atom is -0.382 e. The predicted molar refractivity (Wildman–Crippen MR) is 62.5 cm³/mol. The van der Waals surface area contributed by atoms with E-state index in [4.69, 9.17) is 11.6 Å². The highest BCUT2D eigenvalue weighted by Crippen LogP contribution is 2.14. The van der Waals surface area contributed by atoms with Crippen LogP contribution in [0.5, 0.6) is 0 Å². The van der Waals surface area contributed by atoms with Crippen LogP contribution in [-0.4, -0.2) is 16.7 Å². The van der Waals surface area contributed by atoms with Crippen LogP contribution in [0.1, 0.15) is 32.6 Å². The number of H-pyrrole nitrogens is 1. The Morgan fingerprint density at radius 2 is 2.27 bits per heavy atom. The minimum absolute atomic E-state index is 0.181. The fourth-order valence-corrected chi connectivity index (χ4v) is 1.44. The van der Waals surface area contributed by atoms with Crippen LogP contribution in [0, 0.1) is 0 Å². The third kappa shape index (κ3) is 3.91. The number of anilines is 1. The normalized spacial score (nSPS) is 10.3. The molecule has 0 aromatic carbocycles. The van der Waals surface area contributed by atoms with E-state index < -0.39 is 0 Å². The molecule has 0 saturated carbocycles. The van der Waals surface area contributed by atoms with E-state index in [1.807, 2.05) is 0 Å². The van der Waals surface area contributed by atoms with E-state index in [0.29, 0.717) is 5.69 Å². The molecule has 1 rings (SSSR count). The number of halogens is 1. The summed E-state index contributed by atoms with van der Waals surface area (Å²) >= 11 is 5.79. The van der Waals surface area contributed by atoms with Gasteiger partial charge in [0, 0.05) is 6.54 Å². The Morgan fingerprint density at radius 3 is 3.00 bits per heavy atom. The van der Waals surface area contributed by atoms with Crippen molar-refractivity contribution in [3.63, 3.8) is 0 Å². The predicted octanol–water partition coefficient (Wildman–Crippen LogP) is 2.42. The van der Waals surface area contributed by atoms with Crippen molar-refractivity contribution in [2.24, 2.45) is 0 Å². The van der Waals surface area contributed by atoms with Crippen LogP contribution in [0.15, 0.2) is 11.0 Å². The van der Waals surface area contributed by atoms with Crippen molar-refractivity contribution in [1.82, 2.24) is 10.2 Å². The number of aromatic nitrogens is 2. The van der Waals surface area contributed by atoms with Gasteiger partial charge in [0.05, 0.1) is 11.9 Å². The van der Waals surface area contributed by atoms with Crippen LogP contribution in [0.3, 0.4) is 0 Å². The number of hydrogen-bond donors (Lipinski definition) is 2. The van der Waals surface area contributed by atoms with E-state index in [1.165, 1.54) is 25.5 Å². The quantitative estimate of drug-likeness (QED) is 0.737. The Bertz CT molecular complexity index is 351. The number of hydrogen-bond acceptors (Lipinski definition) is 3. The van der Waals surface area contributed by atoms with E-state index in [9.17, 15) is 4.79 Å². The average Bonchev–Trinajstić information content (AvgIpc) is 2.24. The lowest BCUT2D eigenvalue weighted by Gasteiger charge is -2.06. The van der Waals surface area contributed by atoms with Gasteiger partial charge in [-0.15, -0.1) is 0 Å². The van der Waals surface area contributed by atoms with Gasteiger partial charge in [-0.05, 0) is 6.42 Å². The molecule has 1 aromatic heterocycles. The van der Waals surface area contributed by atoms with E-state index in [2.05, 4.69) is 22.4 Å². The first-order chi connectivity index (χ1) is 7.25. The number of nitrogens with one attached hydrogen (secondary N) is 2. The van der Waals surface area contributed by atoms with Crippen molar-refractivity contribution in [1.29, 1.82) is 0 Å². The zero-order valence-corrected chi connectivity index (χ0v) is 9.60. The van der Waals surface area contributed by atoms with Crippen LogP contribution < -0.4 is 10.9 Å². The molecule has 0 aliphatic heterocycles. The molecule has 0 atom stereocenters. The second kappa shape index (κ2) is 6.45. The van der Waals surface area contributed by atoms with Crippen LogP contribution in [-0.2, 0) is 0 Å². The van der Waals surface area contributed by atoms with Gasteiger partial charge in [0.15, 0.2) is 0 Å². The zero-order valence-electron chi connectivity index (χ0n) is 8.85. The highest BCUT2D eigenvalue weighted by atomic mass is 35.5. The Morgan fingerprint density at radius 1 is 1.47 bits per heavy atom. The van der Waals surface area contributed by atoms with Gasteiger partial charge in [-0.2, -0.15) is 5.10 Å². The standard InChI is InChI=1S/C10H16ClN3O/c1-2-3-4-5-6-12-8-7-13-14-10(15)9(8)11/h7H,2-6H2,1H3,(H2,12,14,15). The molecule has 0 radical (unpaired) electrons. The average molecular weight is 230 g/mol. The summed E-state index contributed by atoms with van der Waals surface area (Å²) < 4.78 is 0. The summed E-state index contributed by atoms with van der Waals surface area (Å²) in [6.45, 7) is 3.00. The molecule has 0 spiro atoms. The molecule has 15 heavy (non-hydrogen) atoms. The number of unbranched alkanes of at least 4 members (excludes halogenated alkanes) is 3. The Kier molecular flexibility index (Phi) is 5.18. The molecule has 1 heterocycles. The smallest absolute Gasteiger partial charge is 0.285 e. The van der Waals surface area contributed by atoms with E-state index in [1.54, 1.807) is 0 Å². The molecule has 0 bridgehead atoms. The molecular formula is C10H16ClN3O. The highest BCUT2D eigenvalue weighted by molar-refractivity contribution is 6.32. The van der Waals surface area contributed by atoms with Gasteiger partial charge in [0.1, 0.15) is 5.02 Å². The summed E-state index contributed by atoms with van der Waals surface area (Å²) in [4.78, 5) is 11.1. The van der Waals surface area contributed by atoms with E-state index >= 15 is 0 Å². The third-order valence-electron chi connectivity index (χ3n) is 2.14. The topological polar surface area (TPSA) is 57.8 Å². The fraction of sp³-hybridized carbons (Fsp3) is 0.600. The van der Waals surface area contributed by atoms with E-state index in [0.717, 1.165) is 13.0 Å². The maximum atomic E-state index is 11.1. The molecular weight excluding hydrogens is 214 g/mol. The molecule has 0 unspecified atom stereocenters. The molecule has 0 fully saturated rings. The summed E-state index contributed by atoms with van der Waals surface area (Å²) in [7, 11) is 0.